The topological polar surface area (TPSA) is 76.9 Å². The summed E-state index contributed by atoms with van der Waals surface area (Å²) in [6, 6.07) is 16.6. The monoisotopic (exact) mass is 442 g/mol. The first-order valence-electron chi connectivity index (χ1n) is 8.15. The number of para-hydroxylation sites is 1. The van der Waals surface area contributed by atoms with Crippen LogP contribution in [0.3, 0.4) is 0 Å². The molecule has 0 unspecified atom stereocenters. The zero-order valence-electron chi connectivity index (χ0n) is 14.1. The fourth-order valence-corrected chi connectivity index (χ4v) is 4.26. The van der Waals surface area contributed by atoms with Gasteiger partial charge >= 0.3 is 0 Å². The summed E-state index contributed by atoms with van der Waals surface area (Å²) >= 11 is 3.40. The molecule has 27 heavy (non-hydrogen) atoms. The molecule has 0 aliphatic carbocycles. The summed E-state index contributed by atoms with van der Waals surface area (Å²) in [6.45, 7) is 0.546. The number of hydrogen-bond donors (Lipinski definition) is 1. The van der Waals surface area contributed by atoms with E-state index in [9.17, 15) is 8.42 Å². The number of benzene rings is 2. The number of fused-ring (bicyclic) bond motifs is 1. The number of nitrogens with zero attached hydrogens (tertiary/aromatic N) is 3. The molecule has 0 radical (unpaired) electrons. The van der Waals surface area contributed by atoms with E-state index in [1.807, 2.05) is 36.4 Å². The van der Waals surface area contributed by atoms with E-state index < -0.39 is 10.0 Å². The minimum atomic E-state index is -3.78. The number of pyridine rings is 1. The Morgan fingerprint density at radius 2 is 1.81 bits per heavy atom. The molecule has 8 heteroatoms. The summed E-state index contributed by atoms with van der Waals surface area (Å²) in [4.78, 5) is 4.35. The van der Waals surface area contributed by atoms with Gasteiger partial charge in [-0.1, -0.05) is 46.3 Å². The zero-order chi connectivity index (χ0) is 18.9. The van der Waals surface area contributed by atoms with Crippen LogP contribution in [0.2, 0.25) is 0 Å². The quantitative estimate of drug-likeness (QED) is 0.505. The Balaban J connectivity index is 1.58. The van der Waals surface area contributed by atoms with E-state index in [0.29, 0.717) is 17.7 Å². The van der Waals surface area contributed by atoms with Crippen molar-refractivity contribution in [1.29, 1.82) is 0 Å². The highest BCUT2D eigenvalue weighted by atomic mass is 79.9. The molecule has 1 N–H and O–H groups in total. The minimum Gasteiger partial charge on any atom is -0.276 e. The van der Waals surface area contributed by atoms with Crippen LogP contribution in [0.4, 0.5) is 5.69 Å². The van der Waals surface area contributed by atoms with Crippen molar-refractivity contribution >= 4 is 42.5 Å². The number of halogens is 1. The van der Waals surface area contributed by atoms with E-state index >= 15 is 0 Å². The molecule has 2 heterocycles. The van der Waals surface area contributed by atoms with Crippen LogP contribution in [-0.4, -0.2) is 23.2 Å². The zero-order valence-corrected chi connectivity index (χ0v) is 16.5. The summed E-state index contributed by atoms with van der Waals surface area (Å²) in [6.07, 6.45) is 4.74. The predicted molar refractivity (Wildman–Crippen MR) is 108 cm³/mol. The first kappa shape index (κ1) is 17.7. The molecule has 0 aliphatic rings. The summed E-state index contributed by atoms with van der Waals surface area (Å²) in [7, 11) is -3.78. The van der Waals surface area contributed by atoms with Crippen molar-refractivity contribution in [1.82, 2.24) is 14.8 Å². The molecule has 2 aromatic heterocycles. The van der Waals surface area contributed by atoms with Gasteiger partial charge in [-0.25, -0.2) is 8.42 Å². The Hall–Kier alpha value is -2.71. The van der Waals surface area contributed by atoms with Gasteiger partial charge in [-0.05, 0) is 29.8 Å². The highest BCUT2D eigenvalue weighted by Gasteiger charge is 2.19. The number of anilines is 1. The molecular weight excluding hydrogens is 428 g/mol. The van der Waals surface area contributed by atoms with Crippen LogP contribution in [0, 0.1) is 0 Å². The second-order valence-electron chi connectivity index (χ2n) is 5.99. The molecule has 0 bridgehead atoms. The molecule has 0 fully saturated rings. The Morgan fingerprint density at radius 3 is 2.63 bits per heavy atom. The Kier molecular flexibility index (Phi) is 4.67. The minimum absolute atomic E-state index is 0.140. The van der Waals surface area contributed by atoms with Gasteiger partial charge in [-0.15, -0.1) is 0 Å². The van der Waals surface area contributed by atoms with Crippen LogP contribution in [-0.2, 0) is 16.6 Å². The average Bonchev–Trinajstić information content (AvgIpc) is 3.09. The van der Waals surface area contributed by atoms with Gasteiger partial charge in [-0.2, -0.15) is 5.10 Å². The summed E-state index contributed by atoms with van der Waals surface area (Å²) in [5, 5.41) is 5.01. The molecule has 0 amide bonds. The van der Waals surface area contributed by atoms with Gasteiger partial charge in [0, 0.05) is 22.3 Å². The second kappa shape index (κ2) is 7.13. The number of aromatic nitrogens is 3. The van der Waals surface area contributed by atoms with Gasteiger partial charge in [-0.3, -0.25) is 14.4 Å². The lowest BCUT2D eigenvalue weighted by atomic mass is 10.2. The van der Waals surface area contributed by atoms with Crippen LogP contribution >= 0.6 is 15.9 Å². The van der Waals surface area contributed by atoms with Crippen molar-refractivity contribution in [2.75, 3.05) is 4.72 Å². The number of rotatable bonds is 5. The molecule has 4 rings (SSSR count). The van der Waals surface area contributed by atoms with Gasteiger partial charge in [0.15, 0.2) is 0 Å². The van der Waals surface area contributed by atoms with E-state index in [0.717, 1.165) is 15.4 Å². The van der Waals surface area contributed by atoms with Gasteiger partial charge in [0.2, 0.25) is 0 Å². The van der Waals surface area contributed by atoms with E-state index in [1.54, 1.807) is 35.3 Å². The van der Waals surface area contributed by atoms with Gasteiger partial charge in [0.05, 0.1) is 23.9 Å². The molecule has 0 saturated carbocycles. The van der Waals surface area contributed by atoms with E-state index in [2.05, 4.69) is 30.7 Å². The fourth-order valence-electron chi connectivity index (χ4n) is 2.78. The summed E-state index contributed by atoms with van der Waals surface area (Å²) in [5.74, 6) is 0. The van der Waals surface area contributed by atoms with Crippen molar-refractivity contribution in [3.05, 3.63) is 83.2 Å². The lowest BCUT2D eigenvalue weighted by molar-refractivity contribution is 0.602. The number of nitrogens with one attached hydrogen (secondary N) is 1. The third kappa shape index (κ3) is 3.86. The average molecular weight is 443 g/mol. The van der Waals surface area contributed by atoms with Crippen LogP contribution in [0.25, 0.3) is 10.9 Å². The van der Waals surface area contributed by atoms with Gasteiger partial charge in [0.25, 0.3) is 10.0 Å². The lowest BCUT2D eigenvalue weighted by Crippen LogP contribution is -2.13. The molecular formula is C19H15BrN4O2S. The van der Waals surface area contributed by atoms with Crippen molar-refractivity contribution in [2.45, 2.75) is 11.4 Å². The van der Waals surface area contributed by atoms with Crippen molar-refractivity contribution in [3.63, 3.8) is 0 Å². The largest absolute Gasteiger partial charge is 0.276 e. The molecule has 0 saturated heterocycles. The molecule has 0 aliphatic heterocycles. The molecule has 0 atom stereocenters. The third-order valence-electron chi connectivity index (χ3n) is 4.03. The first-order valence-corrected chi connectivity index (χ1v) is 10.4. The van der Waals surface area contributed by atoms with E-state index in [1.165, 1.54) is 6.20 Å². The Morgan fingerprint density at radius 1 is 1.04 bits per heavy atom. The SMILES string of the molecule is O=S(=O)(Nc1cnn(Cc2ccc(Br)cc2)c1)c1cccc2cccnc12. The van der Waals surface area contributed by atoms with Crippen molar-refractivity contribution in [3.8, 4) is 0 Å². The molecule has 0 spiro atoms. The standard InChI is InChI=1S/C19H15BrN4O2S/c20-16-8-6-14(7-9-16)12-24-13-17(11-22-24)23-27(25,26)18-5-1-3-15-4-2-10-21-19(15)18/h1-11,13,23H,12H2. The number of hydrogen-bond acceptors (Lipinski definition) is 4. The van der Waals surface area contributed by atoms with E-state index in [-0.39, 0.29) is 4.90 Å². The molecule has 4 aromatic rings. The van der Waals surface area contributed by atoms with Crippen LogP contribution in [0.15, 0.2) is 82.6 Å². The Labute approximate surface area is 165 Å². The summed E-state index contributed by atoms with van der Waals surface area (Å²) in [5.41, 5.74) is 1.91. The predicted octanol–water partition coefficient (Wildman–Crippen LogP) is 4.04. The first-order chi connectivity index (χ1) is 13.0. The Bertz CT molecular complexity index is 1200. The van der Waals surface area contributed by atoms with Crippen LogP contribution in [0.1, 0.15) is 5.56 Å². The van der Waals surface area contributed by atoms with Gasteiger partial charge < -0.3 is 0 Å². The summed E-state index contributed by atoms with van der Waals surface area (Å²) < 4.78 is 30.9. The smallest absolute Gasteiger partial charge is 0.264 e. The number of sulfonamides is 1. The van der Waals surface area contributed by atoms with Crippen LogP contribution in [0.5, 0.6) is 0 Å². The van der Waals surface area contributed by atoms with E-state index in [4.69, 9.17) is 0 Å². The highest BCUT2D eigenvalue weighted by molar-refractivity contribution is 9.10. The highest BCUT2D eigenvalue weighted by Crippen LogP contribution is 2.23. The molecule has 136 valence electrons. The maximum absolute atomic E-state index is 12.8. The van der Waals surface area contributed by atoms with Crippen molar-refractivity contribution in [2.24, 2.45) is 0 Å². The normalized spacial score (nSPS) is 11.6. The van der Waals surface area contributed by atoms with Gasteiger partial charge in [0.1, 0.15) is 4.90 Å². The maximum atomic E-state index is 12.8. The second-order valence-corrected chi connectivity index (χ2v) is 8.56. The lowest BCUT2D eigenvalue weighted by Gasteiger charge is -2.08. The molecule has 6 nitrogen and oxygen atoms in total. The van der Waals surface area contributed by atoms with Crippen LogP contribution < -0.4 is 4.72 Å². The molecule has 2 aromatic carbocycles. The third-order valence-corrected chi connectivity index (χ3v) is 5.97. The fraction of sp³-hybridized carbons (Fsp3) is 0.0526. The maximum Gasteiger partial charge on any atom is 0.264 e. The van der Waals surface area contributed by atoms with Crippen molar-refractivity contribution < 1.29 is 8.42 Å².